The predicted molar refractivity (Wildman–Crippen MR) is 61.6 cm³/mol. The van der Waals surface area contributed by atoms with E-state index in [4.69, 9.17) is 10.5 Å². The Bertz CT molecular complexity index is 279. The van der Waals surface area contributed by atoms with Crippen LogP contribution in [-0.2, 0) is 4.74 Å². The maximum absolute atomic E-state index is 5.34. The Labute approximate surface area is 90.7 Å². The molecule has 1 fully saturated rings. The molecular weight excluding hydrogens is 188 g/mol. The van der Waals surface area contributed by atoms with E-state index in [1.807, 2.05) is 0 Å². The second-order valence-electron chi connectivity index (χ2n) is 3.93. The zero-order chi connectivity index (χ0) is 10.5. The Morgan fingerprint density at radius 3 is 2.33 bits per heavy atom. The SMILES string of the molecule is C1=CC2=CC=C1C2.NCC1CNCCO1. The van der Waals surface area contributed by atoms with Gasteiger partial charge in [0, 0.05) is 19.6 Å². The molecule has 3 nitrogen and oxygen atoms in total. The number of allylic oxidation sites excluding steroid dienone is 6. The summed E-state index contributed by atoms with van der Waals surface area (Å²) in [5, 5.41) is 3.18. The number of nitrogens with two attached hydrogens (primary N) is 1. The summed E-state index contributed by atoms with van der Waals surface area (Å²) in [6.45, 7) is 3.32. The van der Waals surface area contributed by atoms with Crippen molar-refractivity contribution >= 4 is 0 Å². The maximum Gasteiger partial charge on any atom is 0.0822 e. The minimum atomic E-state index is 0.253. The van der Waals surface area contributed by atoms with E-state index in [0.29, 0.717) is 6.54 Å². The largest absolute Gasteiger partial charge is 0.374 e. The number of hydrogen-bond acceptors (Lipinski definition) is 3. The van der Waals surface area contributed by atoms with Gasteiger partial charge in [0.2, 0.25) is 0 Å². The number of morpholine rings is 1. The fourth-order valence-electron chi connectivity index (χ4n) is 1.78. The average Bonchev–Trinajstić information content (AvgIpc) is 2.95. The number of fused-ring (bicyclic) bond motifs is 2. The van der Waals surface area contributed by atoms with Crippen molar-refractivity contribution in [3.63, 3.8) is 0 Å². The third-order valence-electron chi connectivity index (χ3n) is 2.70. The molecule has 0 spiro atoms. The molecule has 0 aromatic rings. The maximum atomic E-state index is 5.34. The predicted octanol–water partition coefficient (Wildman–Crippen LogP) is 0.746. The van der Waals surface area contributed by atoms with Crippen LogP contribution in [-0.4, -0.2) is 32.3 Å². The average molecular weight is 206 g/mol. The van der Waals surface area contributed by atoms with Gasteiger partial charge in [-0.3, -0.25) is 0 Å². The van der Waals surface area contributed by atoms with Gasteiger partial charge >= 0.3 is 0 Å². The van der Waals surface area contributed by atoms with E-state index in [0.717, 1.165) is 19.7 Å². The van der Waals surface area contributed by atoms with Gasteiger partial charge in [0.1, 0.15) is 0 Å². The minimum absolute atomic E-state index is 0.253. The Morgan fingerprint density at radius 1 is 1.33 bits per heavy atom. The van der Waals surface area contributed by atoms with Crippen molar-refractivity contribution in [3.05, 3.63) is 35.5 Å². The molecule has 0 aromatic carbocycles. The summed E-state index contributed by atoms with van der Waals surface area (Å²) in [5.74, 6) is 0. The smallest absolute Gasteiger partial charge is 0.0822 e. The molecule has 15 heavy (non-hydrogen) atoms. The van der Waals surface area contributed by atoms with Crippen LogP contribution in [0.1, 0.15) is 6.42 Å². The van der Waals surface area contributed by atoms with Gasteiger partial charge in [0.15, 0.2) is 0 Å². The zero-order valence-corrected chi connectivity index (χ0v) is 8.91. The van der Waals surface area contributed by atoms with Gasteiger partial charge in [-0.2, -0.15) is 0 Å². The number of hydrogen-bond donors (Lipinski definition) is 2. The fraction of sp³-hybridized carbons (Fsp3) is 0.500. The first-order valence-electron chi connectivity index (χ1n) is 5.48. The normalized spacial score (nSPS) is 26.9. The van der Waals surface area contributed by atoms with Gasteiger partial charge in [0.25, 0.3) is 0 Å². The van der Waals surface area contributed by atoms with Crippen LogP contribution in [0.3, 0.4) is 0 Å². The molecule has 2 aliphatic carbocycles. The van der Waals surface area contributed by atoms with Crippen molar-refractivity contribution in [1.82, 2.24) is 5.32 Å². The number of ether oxygens (including phenoxy) is 1. The molecule has 1 heterocycles. The summed E-state index contributed by atoms with van der Waals surface area (Å²) in [7, 11) is 0. The van der Waals surface area contributed by atoms with E-state index >= 15 is 0 Å². The number of rotatable bonds is 1. The van der Waals surface area contributed by atoms with Crippen LogP contribution in [0.15, 0.2) is 35.5 Å². The highest BCUT2D eigenvalue weighted by molar-refractivity contribution is 5.49. The summed E-state index contributed by atoms with van der Waals surface area (Å²) in [6, 6.07) is 0. The zero-order valence-electron chi connectivity index (χ0n) is 8.91. The van der Waals surface area contributed by atoms with Crippen molar-refractivity contribution in [2.45, 2.75) is 12.5 Å². The Kier molecular flexibility index (Phi) is 3.72. The lowest BCUT2D eigenvalue weighted by molar-refractivity contribution is 0.0346. The molecule has 0 saturated carbocycles. The van der Waals surface area contributed by atoms with Crippen LogP contribution in [0, 0.1) is 0 Å². The van der Waals surface area contributed by atoms with Crippen molar-refractivity contribution in [2.75, 3.05) is 26.2 Å². The topological polar surface area (TPSA) is 47.3 Å². The summed E-state index contributed by atoms with van der Waals surface area (Å²) in [4.78, 5) is 0. The molecule has 3 N–H and O–H groups in total. The van der Waals surface area contributed by atoms with E-state index in [1.165, 1.54) is 17.6 Å². The molecule has 3 rings (SSSR count). The highest BCUT2D eigenvalue weighted by atomic mass is 16.5. The highest BCUT2D eigenvalue weighted by Crippen LogP contribution is 2.27. The lowest BCUT2D eigenvalue weighted by Gasteiger charge is -2.21. The van der Waals surface area contributed by atoms with Crippen LogP contribution < -0.4 is 11.1 Å². The Hall–Kier alpha value is -0.900. The van der Waals surface area contributed by atoms with E-state index in [-0.39, 0.29) is 6.10 Å². The first-order chi connectivity index (χ1) is 7.38. The van der Waals surface area contributed by atoms with Crippen LogP contribution >= 0.6 is 0 Å². The molecule has 0 radical (unpaired) electrons. The van der Waals surface area contributed by atoms with Crippen molar-refractivity contribution in [1.29, 1.82) is 0 Å². The first kappa shape index (κ1) is 10.6. The molecule has 1 saturated heterocycles. The molecule has 0 aromatic heterocycles. The van der Waals surface area contributed by atoms with Gasteiger partial charge in [-0.05, 0) is 17.6 Å². The quantitative estimate of drug-likeness (QED) is 0.665. The molecule has 1 aliphatic heterocycles. The first-order valence-corrected chi connectivity index (χ1v) is 5.48. The standard InChI is InChI=1S/C7H6.C5H12N2O/c1-2-7-4-3-6(1)5-7;6-3-5-4-7-1-2-8-5/h1-4H,5H2;5,7H,1-4,6H2. The Balaban J connectivity index is 0.000000114. The van der Waals surface area contributed by atoms with Gasteiger partial charge in [-0.15, -0.1) is 0 Å². The number of nitrogens with one attached hydrogen (secondary N) is 1. The lowest BCUT2D eigenvalue weighted by Crippen LogP contribution is -2.42. The van der Waals surface area contributed by atoms with Crippen molar-refractivity contribution < 1.29 is 4.74 Å². The van der Waals surface area contributed by atoms with Gasteiger partial charge in [-0.25, -0.2) is 0 Å². The van der Waals surface area contributed by atoms with Gasteiger partial charge < -0.3 is 15.8 Å². The fourth-order valence-corrected chi connectivity index (χ4v) is 1.78. The monoisotopic (exact) mass is 206 g/mol. The van der Waals surface area contributed by atoms with E-state index < -0.39 is 0 Å². The van der Waals surface area contributed by atoms with Crippen LogP contribution in [0.4, 0.5) is 0 Å². The molecule has 3 heteroatoms. The minimum Gasteiger partial charge on any atom is -0.374 e. The molecule has 1 unspecified atom stereocenters. The highest BCUT2D eigenvalue weighted by Gasteiger charge is 2.09. The second-order valence-corrected chi connectivity index (χ2v) is 3.93. The molecule has 2 bridgehead atoms. The summed E-state index contributed by atoms with van der Waals surface area (Å²) in [5.41, 5.74) is 8.27. The summed E-state index contributed by atoms with van der Waals surface area (Å²) < 4.78 is 5.24. The summed E-state index contributed by atoms with van der Waals surface area (Å²) >= 11 is 0. The lowest BCUT2D eigenvalue weighted by atomic mass is 10.3. The molecule has 3 aliphatic rings. The molecule has 0 amide bonds. The summed E-state index contributed by atoms with van der Waals surface area (Å²) in [6.07, 6.45) is 10.2. The third-order valence-corrected chi connectivity index (χ3v) is 2.70. The second kappa shape index (κ2) is 5.26. The van der Waals surface area contributed by atoms with Crippen LogP contribution in [0.5, 0.6) is 0 Å². The Morgan fingerprint density at radius 2 is 2.07 bits per heavy atom. The molecule has 1 atom stereocenters. The molecule has 82 valence electrons. The van der Waals surface area contributed by atoms with E-state index in [1.54, 1.807) is 0 Å². The third kappa shape index (κ3) is 3.02. The van der Waals surface area contributed by atoms with Crippen LogP contribution in [0.2, 0.25) is 0 Å². The van der Waals surface area contributed by atoms with Crippen molar-refractivity contribution in [3.8, 4) is 0 Å². The van der Waals surface area contributed by atoms with Crippen LogP contribution in [0.25, 0.3) is 0 Å². The van der Waals surface area contributed by atoms with Gasteiger partial charge in [0.05, 0.1) is 12.7 Å². The van der Waals surface area contributed by atoms with Gasteiger partial charge in [-0.1, -0.05) is 24.3 Å². The van der Waals surface area contributed by atoms with E-state index in [9.17, 15) is 0 Å². The van der Waals surface area contributed by atoms with Crippen molar-refractivity contribution in [2.24, 2.45) is 5.73 Å². The molecular formula is C12H18N2O. The van der Waals surface area contributed by atoms with E-state index in [2.05, 4.69) is 29.6 Å².